The Morgan fingerprint density at radius 2 is 1.95 bits per heavy atom. The highest BCUT2D eigenvalue weighted by Gasteiger charge is 2.27. The third-order valence-corrected chi connectivity index (χ3v) is 3.34. The molecule has 3 heterocycles. The molecular weight excluding hydrogens is 274 g/mol. The normalized spacial score (nSPS) is 15.4. The molecule has 8 nitrogen and oxygen atoms in total. The van der Waals surface area contributed by atoms with Gasteiger partial charge in [0.1, 0.15) is 13.1 Å². The van der Waals surface area contributed by atoms with Crippen molar-refractivity contribution in [1.82, 2.24) is 25.0 Å². The van der Waals surface area contributed by atoms with Crippen LogP contribution < -0.4 is 5.32 Å². The van der Waals surface area contributed by atoms with Crippen LogP contribution >= 0.6 is 0 Å². The number of carbonyl (C=O) groups is 3. The van der Waals surface area contributed by atoms with Gasteiger partial charge in [0.15, 0.2) is 5.65 Å². The van der Waals surface area contributed by atoms with E-state index in [2.05, 4.69) is 15.4 Å². The molecule has 1 aliphatic heterocycles. The monoisotopic (exact) mass is 287 g/mol. The second-order valence-electron chi connectivity index (χ2n) is 4.94. The standard InChI is InChI=1S/C13H13N5O3/c1-7-9-3-8(4-14-12(9)17(2)16-7)13(21)18-5-10(19)15-11(20)6-18/h3-4H,5-6H2,1-2H3,(H,15,19,20). The maximum Gasteiger partial charge on any atom is 0.256 e. The van der Waals surface area contributed by atoms with Gasteiger partial charge in [0.05, 0.1) is 11.3 Å². The largest absolute Gasteiger partial charge is 0.320 e. The van der Waals surface area contributed by atoms with Crippen molar-refractivity contribution >= 4 is 28.8 Å². The van der Waals surface area contributed by atoms with E-state index in [0.717, 1.165) is 11.1 Å². The number of nitrogens with zero attached hydrogens (tertiary/aromatic N) is 4. The molecule has 0 aromatic carbocycles. The molecule has 8 heteroatoms. The predicted octanol–water partition coefficient (Wildman–Crippen LogP) is -0.625. The molecule has 1 fully saturated rings. The predicted molar refractivity (Wildman–Crippen MR) is 72.3 cm³/mol. The highest BCUT2D eigenvalue weighted by Crippen LogP contribution is 2.17. The number of pyridine rings is 1. The summed E-state index contributed by atoms with van der Waals surface area (Å²) in [5, 5.41) is 7.17. The lowest BCUT2D eigenvalue weighted by Crippen LogP contribution is -2.53. The van der Waals surface area contributed by atoms with Crippen molar-refractivity contribution in [3.8, 4) is 0 Å². The van der Waals surface area contributed by atoms with Gasteiger partial charge in [-0.25, -0.2) is 4.98 Å². The molecule has 0 saturated carbocycles. The second kappa shape index (κ2) is 4.65. The van der Waals surface area contributed by atoms with E-state index in [1.165, 1.54) is 11.1 Å². The van der Waals surface area contributed by atoms with E-state index in [4.69, 9.17) is 0 Å². The molecule has 2 aromatic heterocycles. The summed E-state index contributed by atoms with van der Waals surface area (Å²) in [4.78, 5) is 40.5. The lowest BCUT2D eigenvalue weighted by atomic mass is 10.1. The van der Waals surface area contributed by atoms with Gasteiger partial charge in [-0.05, 0) is 13.0 Å². The number of hydrogen-bond donors (Lipinski definition) is 1. The minimum absolute atomic E-state index is 0.130. The van der Waals surface area contributed by atoms with Gasteiger partial charge in [0.2, 0.25) is 11.8 Å². The van der Waals surface area contributed by atoms with E-state index in [0.29, 0.717) is 11.2 Å². The van der Waals surface area contributed by atoms with E-state index in [9.17, 15) is 14.4 Å². The van der Waals surface area contributed by atoms with Crippen LogP contribution in [0.4, 0.5) is 0 Å². The van der Waals surface area contributed by atoms with Crippen molar-refractivity contribution < 1.29 is 14.4 Å². The van der Waals surface area contributed by atoms with Crippen LogP contribution in [0.3, 0.4) is 0 Å². The number of amides is 3. The molecular formula is C13H13N5O3. The van der Waals surface area contributed by atoms with Gasteiger partial charge in [-0.3, -0.25) is 24.4 Å². The first-order chi connectivity index (χ1) is 9.95. The summed E-state index contributed by atoms with van der Waals surface area (Å²) in [6, 6.07) is 1.68. The summed E-state index contributed by atoms with van der Waals surface area (Å²) in [5.74, 6) is -1.35. The molecule has 0 aliphatic carbocycles. The molecule has 108 valence electrons. The quantitative estimate of drug-likeness (QED) is 0.705. The van der Waals surface area contributed by atoms with Gasteiger partial charge < -0.3 is 4.90 Å². The Labute approximate surface area is 119 Å². The Balaban J connectivity index is 1.96. The third-order valence-electron chi connectivity index (χ3n) is 3.34. The Bertz CT molecular complexity index is 763. The highest BCUT2D eigenvalue weighted by atomic mass is 16.2. The topological polar surface area (TPSA) is 97.2 Å². The summed E-state index contributed by atoms with van der Waals surface area (Å²) in [7, 11) is 1.78. The maximum atomic E-state index is 12.4. The number of hydrogen-bond acceptors (Lipinski definition) is 5. The van der Waals surface area contributed by atoms with Crippen LogP contribution in [0.15, 0.2) is 12.3 Å². The zero-order chi connectivity index (χ0) is 15.1. The number of carbonyl (C=O) groups excluding carboxylic acids is 3. The number of aromatic nitrogens is 3. The third kappa shape index (κ3) is 2.24. The number of aryl methyl sites for hydroxylation is 2. The van der Waals surface area contributed by atoms with Gasteiger partial charge in [-0.15, -0.1) is 0 Å². The van der Waals surface area contributed by atoms with Crippen LogP contribution in [-0.4, -0.2) is 50.5 Å². The number of rotatable bonds is 1. The van der Waals surface area contributed by atoms with E-state index in [1.54, 1.807) is 17.8 Å². The Hall–Kier alpha value is -2.77. The van der Waals surface area contributed by atoms with Crippen LogP contribution in [0.2, 0.25) is 0 Å². The molecule has 0 bridgehead atoms. The fourth-order valence-corrected chi connectivity index (χ4v) is 2.39. The minimum atomic E-state index is -0.480. The first kappa shape index (κ1) is 13.2. The average Bonchev–Trinajstić information content (AvgIpc) is 2.72. The maximum absolute atomic E-state index is 12.4. The average molecular weight is 287 g/mol. The van der Waals surface area contributed by atoms with E-state index in [-0.39, 0.29) is 13.1 Å². The van der Waals surface area contributed by atoms with Crippen LogP contribution in [0.25, 0.3) is 11.0 Å². The summed E-state index contributed by atoms with van der Waals surface area (Å²) in [6.07, 6.45) is 1.43. The van der Waals surface area contributed by atoms with Crippen molar-refractivity contribution in [1.29, 1.82) is 0 Å². The lowest BCUT2D eigenvalue weighted by Gasteiger charge is -2.25. The van der Waals surface area contributed by atoms with E-state index < -0.39 is 17.7 Å². The molecule has 1 aliphatic rings. The molecule has 1 saturated heterocycles. The Morgan fingerprint density at radius 1 is 1.29 bits per heavy atom. The van der Waals surface area contributed by atoms with Crippen molar-refractivity contribution in [2.24, 2.45) is 7.05 Å². The summed E-state index contributed by atoms with van der Waals surface area (Å²) in [5.41, 5.74) is 1.78. The Morgan fingerprint density at radius 3 is 2.62 bits per heavy atom. The number of imide groups is 1. The van der Waals surface area contributed by atoms with Crippen LogP contribution in [0, 0.1) is 6.92 Å². The molecule has 0 spiro atoms. The number of nitrogens with one attached hydrogen (secondary N) is 1. The second-order valence-corrected chi connectivity index (χ2v) is 4.94. The van der Waals surface area contributed by atoms with Crippen LogP contribution in [-0.2, 0) is 16.6 Å². The molecule has 1 N–H and O–H groups in total. The molecule has 0 unspecified atom stereocenters. The molecule has 3 rings (SSSR count). The zero-order valence-electron chi connectivity index (χ0n) is 11.6. The van der Waals surface area contributed by atoms with Crippen LogP contribution in [0.1, 0.15) is 16.1 Å². The summed E-state index contributed by atoms with van der Waals surface area (Å²) in [6.45, 7) is 1.57. The van der Waals surface area contributed by atoms with Crippen LogP contribution in [0.5, 0.6) is 0 Å². The van der Waals surface area contributed by atoms with E-state index in [1.807, 2.05) is 6.92 Å². The van der Waals surface area contributed by atoms with Crippen molar-refractivity contribution in [3.05, 3.63) is 23.5 Å². The van der Waals surface area contributed by atoms with Crippen molar-refractivity contribution in [2.75, 3.05) is 13.1 Å². The number of fused-ring (bicyclic) bond motifs is 1. The van der Waals surface area contributed by atoms with Gasteiger partial charge >= 0.3 is 0 Å². The molecule has 2 aromatic rings. The van der Waals surface area contributed by atoms with Gasteiger partial charge in [0.25, 0.3) is 5.91 Å². The van der Waals surface area contributed by atoms with Gasteiger partial charge in [-0.1, -0.05) is 0 Å². The summed E-state index contributed by atoms with van der Waals surface area (Å²) >= 11 is 0. The minimum Gasteiger partial charge on any atom is -0.320 e. The fraction of sp³-hybridized carbons (Fsp3) is 0.308. The number of piperazine rings is 1. The Kier molecular flexibility index (Phi) is 2.93. The smallest absolute Gasteiger partial charge is 0.256 e. The fourth-order valence-electron chi connectivity index (χ4n) is 2.39. The SMILES string of the molecule is Cc1nn(C)c2ncc(C(=O)N3CC(=O)NC(=O)C3)cc12. The van der Waals surface area contributed by atoms with E-state index >= 15 is 0 Å². The zero-order valence-corrected chi connectivity index (χ0v) is 11.6. The van der Waals surface area contributed by atoms with Gasteiger partial charge in [-0.2, -0.15) is 5.10 Å². The lowest BCUT2D eigenvalue weighted by molar-refractivity contribution is -0.135. The molecule has 0 atom stereocenters. The highest BCUT2D eigenvalue weighted by molar-refractivity contribution is 6.06. The first-order valence-electron chi connectivity index (χ1n) is 6.37. The summed E-state index contributed by atoms with van der Waals surface area (Å²) < 4.78 is 1.64. The van der Waals surface area contributed by atoms with Crippen molar-refractivity contribution in [3.63, 3.8) is 0 Å². The first-order valence-corrected chi connectivity index (χ1v) is 6.37. The molecule has 0 radical (unpaired) electrons. The molecule has 3 amide bonds. The molecule has 21 heavy (non-hydrogen) atoms. The van der Waals surface area contributed by atoms with Crippen molar-refractivity contribution in [2.45, 2.75) is 6.92 Å². The van der Waals surface area contributed by atoms with Gasteiger partial charge in [0, 0.05) is 18.6 Å².